The molecule has 3 nitrogen and oxygen atoms in total. The lowest BCUT2D eigenvalue weighted by Gasteiger charge is -2.55. The maximum Gasteiger partial charge on any atom is 0.225 e. The van der Waals surface area contributed by atoms with Crippen molar-refractivity contribution in [3.05, 3.63) is 35.4 Å². The van der Waals surface area contributed by atoms with E-state index in [1.807, 2.05) is 6.92 Å². The van der Waals surface area contributed by atoms with Crippen LogP contribution in [0, 0.1) is 11.3 Å². The Bertz CT molecular complexity index is 706. The quantitative estimate of drug-likeness (QED) is 0.825. The molecule has 2 aliphatic carbocycles. The maximum absolute atomic E-state index is 12.6. The Labute approximate surface area is 164 Å². The van der Waals surface area contributed by atoms with Gasteiger partial charge in [-0.25, -0.2) is 0 Å². The molecule has 0 unspecified atom stereocenters. The van der Waals surface area contributed by atoms with Gasteiger partial charge in [0.15, 0.2) is 0 Å². The van der Waals surface area contributed by atoms with E-state index in [0.717, 1.165) is 13.1 Å². The predicted octanol–water partition coefficient (Wildman–Crippen LogP) is 4.63. The van der Waals surface area contributed by atoms with Gasteiger partial charge in [0, 0.05) is 24.4 Å². The van der Waals surface area contributed by atoms with Crippen LogP contribution in [-0.4, -0.2) is 34.6 Å². The number of hydrogen-bond acceptors (Lipinski definition) is 2. The fourth-order valence-electron chi connectivity index (χ4n) is 5.49. The van der Waals surface area contributed by atoms with E-state index in [4.69, 9.17) is 0 Å². The smallest absolute Gasteiger partial charge is 0.225 e. The van der Waals surface area contributed by atoms with E-state index in [2.05, 4.69) is 49.9 Å². The summed E-state index contributed by atoms with van der Waals surface area (Å²) in [6.07, 6.45) is 6.25. The standard InChI is InChI=1S/C24H35NO2/c1-22(2,3)20-7-5-6-18(12-20)17-8-10-24(11-9-17)15-25(16-24)21(26)19-13-23(4,27)14-19/h5-7,12,17,19,27H,8-11,13-16H2,1-4H3/t19-,23+. The molecule has 0 aromatic heterocycles. The lowest BCUT2D eigenvalue weighted by molar-refractivity contribution is -0.163. The SMILES string of the molecule is CC(C)(C)c1cccc(C2CCC3(CC2)CN(C(=O)[C@H]2C[C@@](C)(O)C2)C3)c1. The second kappa shape index (κ2) is 6.34. The number of hydrogen-bond donors (Lipinski definition) is 1. The first-order valence-electron chi connectivity index (χ1n) is 10.7. The number of rotatable bonds is 2. The summed E-state index contributed by atoms with van der Waals surface area (Å²) >= 11 is 0. The zero-order chi connectivity index (χ0) is 19.4. The van der Waals surface area contributed by atoms with Crippen LogP contribution in [0.2, 0.25) is 0 Å². The van der Waals surface area contributed by atoms with Gasteiger partial charge in [0.25, 0.3) is 0 Å². The number of aliphatic hydroxyl groups is 1. The largest absolute Gasteiger partial charge is 0.390 e. The molecule has 1 amide bonds. The average molecular weight is 370 g/mol. The minimum absolute atomic E-state index is 0.0637. The molecule has 0 bridgehead atoms. The molecule has 3 aliphatic rings. The topological polar surface area (TPSA) is 40.5 Å². The zero-order valence-corrected chi connectivity index (χ0v) is 17.4. The van der Waals surface area contributed by atoms with Gasteiger partial charge in [0.05, 0.1) is 5.60 Å². The molecule has 3 fully saturated rings. The summed E-state index contributed by atoms with van der Waals surface area (Å²) in [5.41, 5.74) is 2.90. The third-order valence-corrected chi connectivity index (χ3v) is 7.36. The first kappa shape index (κ1) is 19.0. The van der Waals surface area contributed by atoms with E-state index < -0.39 is 5.60 Å². The Morgan fingerprint density at radius 2 is 1.78 bits per heavy atom. The molecule has 1 N–H and O–H groups in total. The van der Waals surface area contributed by atoms with E-state index in [1.165, 1.54) is 36.8 Å². The third-order valence-electron chi connectivity index (χ3n) is 7.36. The van der Waals surface area contributed by atoms with Gasteiger partial charge in [-0.2, -0.15) is 0 Å². The summed E-state index contributed by atoms with van der Waals surface area (Å²) in [6, 6.07) is 9.19. The van der Waals surface area contributed by atoms with E-state index >= 15 is 0 Å². The van der Waals surface area contributed by atoms with E-state index in [9.17, 15) is 9.90 Å². The Balaban J connectivity index is 1.31. The molecule has 3 heteroatoms. The van der Waals surface area contributed by atoms with Gasteiger partial charge in [0.1, 0.15) is 0 Å². The van der Waals surface area contributed by atoms with Crippen LogP contribution in [0.15, 0.2) is 24.3 Å². The number of amides is 1. The van der Waals surface area contributed by atoms with Crippen molar-refractivity contribution in [1.29, 1.82) is 0 Å². The van der Waals surface area contributed by atoms with E-state index in [1.54, 1.807) is 0 Å². The second-order valence-electron chi connectivity index (χ2n) is 10.9. The van der Waals surface area contributed by atoms with Gasteiger partial charge >= 0.3 is 0 Å². The Morgan fingerprint density at radius 1 is 1.15 bits per heavy atom. The summed E-state index contributed by atoms with van der Waals surface area (Å²) in [5.74, 6) is 1.02. The lowest BCUT2D eigenvalue weighted by Crippen LogP contribution is -2.62. The minimum atomic E-state index is -0.609. The second-order valence-corrected chi connectivity index (χ2v) is 10.9. The first-order valence-corrected chi connectivity index (χ1v) is 10.7. The predicted molar refractivity (Wildman–Crippen MR) is 109 cm³/mol. The number of benzene rings is 1. The van der Waals surface area contributed by atoms with Gasteiger partial charge in [-0.3, -0.25) is 4.79 Å². The maximum atomic E-state index is 12.6. The molecule has 2 saturated carbocycles. The van der Waals surface area contributed by atoms with Crippen molar-refractivity contribution in [2.45, 2.75) is 83.2 Å². The van der Waals surface area contributed by atoms with E-state index in [-0.39, 0.29) is 17.2 Å². The highest BCUT2D eigenvalue weighted by Gasteiger charge is 2.51. The van der Waals surface area contributed by atoms with Crippen LogP contribution >= 0.6 is 0 Å². The lowest BCUT2D eigenvalue weighted by atomic mass is 9.63. The fourth-order valence-corrected chi connectivity index (χ4v) is 5.49. The average Bonchev–Trinajstić information content (AvgIpc) is 2.56. The van der Waals surface area contributed by atoms with Crippen LogP contribution in [0.5, 0.6) is 0 Å². The Hall–Kier alpha value is -1.35. The molecule has 27 heavy (non-hydrogen) atoms. The molecule has 1 aliphatic heterocycles. The van der Waals surface area contributed by atoms with Crippen molar-refractivity contribution < 1.29 is 9.90 Å². The molecular formula is C24H35NO2. The van der Waals surface area contributed by atoms with Crippen molar-refractivity contribution in [3.8, 4) is 0 Å². The first-order chi connectivity index (χ1) is 12.6. The van der Waals surface area contributed by atoms with Gasteiger partial charge < -0.3 is 10.0 Å². The Morgan fingerprint density at radius 3 is 2.33 bits per heavy atom. The minimum Gasteiger partial charge on any atom is -0.390 e. The van der Waals surface area contributed by atoms with Crippen LogP contribution in [-0.2, 0) is 10.2 Å². The van der Waals surface area contributed by atoms with Crippen LogP contribution in [0.4, 0.5) is 0 Å². The van der Waals surface area contributed by atoms with Crippen molar-refractivity contribution in [3.63, 3.8) is 0 Å². The fraction of sp³-hybridized carbons (Fsp3) is 0.708. The molecule has 148 valence electrons. The molecular weight excluding hydrogens is 334 g/mol. The van der Waals surface area contributed by atoms with Crippen molar-refractivity contribution in [2.24, 2.45) is 11.3 Å². The van der Waals surface area contributed by atoms with Gasteiger partial charge in [-0.1, -0.05) is 45.0 Å². The molecule has 1 aromatic rings. The zero-order valence-electron chi connectivity index (χ0n) is 17.4. The molecule has 1 spiro atoms. The van der Waals surface area contributed by atoms with Gasteiger partial charge in [0.2, 0.25) is 5.91 Å². The number of carbonyl (C=O) groups excluding carboxylic acids is 1. The summed E-state index contributed by atoms with van der Waals surface area (Å²) in [4.78, 5) is 14.6. The Kier molecular flexibility index (Phi) is 4.46. The molecule has 0 radical (unpaired) electrons. The van der Waals surface area contributed by atoms with Crippen LogP contribution in [0.1, 0.15) is 83.3 Å². The summed E-state index contributed by atoms with van der Waals surface area (Å²) in [6.45, 7) is 10.6. The molecule has 4 rings (SSSR count). The van der Waals surface area contributed by atoms with Crippen molar-refractivity contribution in [1.82, 2.24) is 4.90 Å². The summed E-state index contributed by atoms with van der Waals surface area (Å²) in [5, 5.41) is 9.88. The highest BCUT2D eigenvalue weighted by atomic mass is 16.3. The highest BCUT2D eigenvalue weighted by Crippen LogP contribution is 2.50. The van der Waals surface area contributed by atoms with Gasteiger partial charge in [-0.15, -0.1) is 0 Å². The van der Waals surface area contributed by atoms with Crippen LogP contribution < -0.4 is 0 Å². The van der Waals surface area contributed by atoms with E-state index in [0.29, 0.717) is 24.2 Å². The monoisotopic (exact) mass is 369 g/mol. The molecule has 1 aromatic carbocycles. The van der Waals surface area contributed by atoms with Gasteiger partial charge in [-0.05, 0) is 67.9 Å². The van der Waals surface area contributed by atoms with Crippen molar-refractivity contribution >= 4 is 5.91 Å². The normalized spacial score (nSPS) is 30.7. The highest BCUT2D eigenvalue weighted by molar-refractivity contribution is 5.81. The van der Waals surface area contributed by atoms with Crippen LogP contribution in [0.25, 0.3) is 0 Å². The summed E-state index contributed by atoms with van der Waals surface area (Å²) in [7, 11) is 0. The number of nitrogens with zero attached hydrogens (tertiary/aromatic N) is 1. The van der Waals surface area contributed by atoms with Crippen molar-refractivity contribution in [2.75, 3.05) is 13.1 Å². The number of carbonyl (C=O) groups is 1. The third kappa shape index (κ3) is 3.68. The summed E-state index contributed by atoms with van der Waals surface area (Å²) < 4.78 is 0. The molecule has 0 atom stereocenters. The number of likely N-dealkylation sites (tertiary alicyclic amines) is 1. The molecule has 1 saturated heterocycles. The van der Waals surface area contributed by atoms with Crippen LogP contribution in [0.3, 0.4) is 0 Å². The molecule has 1 heterocycles.